The van der Waals surface area contributed by atoms with Crippen LogP contribution in [0.3, 0.4) is 0 Å². The summed E-state index contributed by atoms with van der Waals surface area (Å²) in [6.45, 7) is 7.06. The van der Waals surface area contributed by atoms with Gasteiger partial charge >= 0.3 is 0 Å². The number of nitrogens with one attached hydrogen (secondary N) is 1. The van der Waals surface area contributed by atoms with Gasteiger partial charge in [0.05, 0.1) is 11.2 Å². The summed E-state index contributed by atoms with van der Waals surface area (Å²) >= 11 is 1.71. The number of pyridine rings is 1. The molecule has 0 saturated heterocycles. The molecule has 0 bridgehead atoms. The predicted molar refractivity (Wildman–Crippen MR) is 71.1 cm³/mol. The maximum absolute atomic E-state index is 4.29. The molecule has 1 N–H and O–H groups in total. The molecule has 0 aliphatic heterocycles. The summed E-state index contributed by atoms with van der Waals surface area (Å²) in [5, 5.41) is 3.49. The summed E-state index contributed by atoms with van der Waals surface area (Å²) < 4.78 is 0. The van der Waals surface area contributed by atoms with Crippen molar-refractivity contribution >= 4 is 11.3 Å². The van der Waals surface area contributed by atoms with Gasteiger partial charge in [0, 0.05) is 29.4 Å². The fourth-order valence-electron chi connectivity index (χ4n) is 1.69. The van der Waals surface area contributed by atoms with Gasteiger partial charge in [0.1, 0.15) is 0 Å². The van der Waals surface area contributed by atoms with Crippen molar-refractivity contribution in [3.05, 3.63) is 45.7 Å². The minimum atomic E-state index is 0.337. The fraction of sp³-hybridized carbons (Fsp3) is 0.385. The van der Waals surface area contributed by atoms with Crippen molar-refractivity contribution in [3.8, 4) is 0 Å². The molecular formula is C13H17N3S. The lowest BCUT2D eigenvalue weighted by Gasteiger charge is -2.12. The number of hydrogen-bond acceptors (Lipinski definition) is 4. The number of aromatic nitrogens is 2. The summed E-state index contributed by atoms with van der Waals surface area (Å²) in [5.74, 6) is 0. The Balaban J connectivity index is 1.94. The van der Waals surface area contributed by atoms with Gasteiger partial charge in [-0.05, 0) is 32.4 Å². The van der Waals surface area contributed by atoms with Crippen molar-refractivity contribution in [2.75, 3.05) is 0 Å². The van der Waals surface area contributed by atoms with E-state index in [-0.39, 0.29) is 0 Å². The van der Waals surface area contributed by atoms with E-state index in [0.717, 1.165) is 17.9 Å². The van der Waals surface area contributed by atoms with Crippen LogP contribution in [0.5, 0.6) is 0 Å². The van der Waals surface area contributed by atoms with E-state index in [1.165, 1.54) is 10.4 Å². The molecule has 0 saturated carbocycles. The van der Waals surface area contributed by atoms with Crippen molar-refractivity contribution < 1.29 is 0 Å². The standard InChI is InChI=1S/C13H17N3S/c1-9-4-5-12(6-14-9)7-15-10(2)13-11(3)16-8-17-13/h4-6,8,10,15H,7H2,1-3H3. The van der Waals surface area contributed by atoms with Crippen LogP contribution in [0, 0.1) is 13.8 Å². The van der Waals surface area contributed by atoms with Gasteiger partial charge in [-0.3, -0.25) is 4.98 Å². The second-order valence-electron chi connectivity index (χ2n) is 4.21. The summed E-state index contributed by atoms with van der Waals surface area (Å²) in [4.78, 5) is 9.87. The number of rotatable bonds is 4. The number of hydrogen-bond donors (Lipinski definition) is 1. The topological polar surface area (TPSA) is 37.8 Å². The second kappa shape index (κ2) is 5.38. The molecule has 2 heterocycles. The highest BCUT2D eigenvalue weighted by Crippen LogP contribution is 2.21. The Morgan fingerprint density at radius 2 is 2.12 bits per heavy atom. The predicted octanol–water partition coefficient (Wildman–Crippen LogP) is 3.01. The first-order chi connectivity index (χ1) is 8.16. The lowest BCUT2D eigenvalue weighted by molar-refractivity contribution is 0.578. The molecule has 4 heteroatoms. The van der Waals surface area contributed by atoms with E-state index in [1.807, 2.05) is 24.7 Å². The van der Waals surface area contributed by atoms with Gasteiger partial charge in [-0.2, -0.15) is 0 Å². The third kappa shape index (κ3) is 3.11. The van der Waals surface area contributed by atoms with Crippen LogP contribution in [0.4, 0.5) is 0 Å². The normalized spacial score (nSPS) is 12.6. The fourth-order valence-corrected chi connectivity index (χ4v) is 2.53. The first kappa shape index (κ1) is 12.2. The second-order valence-corrected chi connectivity index (χ2v) is 5.10. The molecule has 2 aromatic heterocycles. The Morgan fingerprint density at radius 3 is 2.71 bits per heavy atom. The molecule has 1 unspecified atom stereocenters. The van der Waals surface area contributed by atoms with E-state index in [2.05, 4.69) is 35.2 Å². The third-order valence-corrected chi connectivity index (χ3v) is 3.87. The summed E-state index contributed by atoms with van der Waals surface area (Å²) in [7, 11) is 0. The zero-order valence-corrected chi connectivity index (χ0v) is 11.2. The Bertz CT molecular complexity index is 476. The summed E-state index contributed by atoms with van der Waals surface area (Å²) in [6.07, 6.45) is 1.93. The van der Waals surface area contributed by atoms with E-state index >= 15 is 0 Å². The minimum absolute atomic E-state index is 0.337. The van der Waals surface area contributed by atoms with Crippen LogP contribution >= 0.6 is 11.3 Å². The molecule has 3 nitrogen and oxygen atoms in total. The molecule has 2 rings (SSSR count). The Labute approximate surface area is 106 Å². The Morgan fingerprint density at radius 1 is 1.29 bits per heavy atom. The van der Waals surface area contributed by atoms with Crippen molar-refractivity contribution in [2.24, 2.45) is 0 Å². The Kier molecular flexibility index (Phi) is 3.86. The highest BCUT2D eigenvalue weighted by molar-refractivity contribution is 7.09. The number of aryl methyl sites for hydroxylation is 2. The molecule has 2 aromatic rings. The van der Waals surface area contributed by atoms with Crippen LogP contribution in [0.1, 0.15) is 34.8 Å². The van der Waals surface area contributed by atoms with Gasteiger partial charge < -0.3 is 5.32 Å². The maximum atomic E-state index is 4.29. The molecule has 0 aliphatic carbocycles. The highest BCUT2D eigenvalue weighted by atomic mass is 32.1. The average molecular weight is 247 g/mol. The smallest absolute Gasteiger partial charge is 0.0798 e. The first-order valence-electron chi connectivity index (χ1n) is 5.71. The lowest BCUT2D eigenvalue weighted by atomic mass is 10.2. The van der Waals surface area contributed by atoms with Crippen molar-refractivity contribution in [3.63, 3.8) is 0 Å². The monoisotopic (exact) mass is 247 g/mol. The minimum Gasteiger partial charge on any atom is -0.305 e. The van der Waals surface area contributed by atoms with E-state index in [9.17, 15) is 0 Å². The van der Waals surface area contributed by atoms with Crippen LogP contribution in [0.15, 0.2) is 23.8 Å². The number of nitrogens with zero attached hydrogens (tertiary/aromatic N) is 2. The van der Waals surface area contributed by atoms with E-state index in [1.54, 1.807) is 11.3 Å². The largest absolute Gasteiger partial charge is 0.305 e. The van der Waals surface area contributed by atoms with Crippen molar-refractivity contribution in [1.82, 2.24) is 15.3 Å². The molecule has 0 radical (unpaired) electrons. The van der Waals surface area contributed by atoms with Crippen LogP contribution in [0.2, 0.25) is 0 Å². The molecule has 90 valence electrons. The quantitative estimate of drug-likeness (QED) is 0.902. The van der Waals surface area contributed by atoms with Gasteiger partial charge in [-0.25, -0.2) is 4.98 Å². The molecular weight excluding hydrogens is 230 g/mol. The van der Waals surface area contributed by atoms with Crippen LogP contribution in [-0.2, 0) is 6.54 Å². The molecule has 0 aliphatic rings. The molecule has 0 fully saturated rings. The van der Waals surface area contributed by atoms with E-state index < -0.39 is 0 Å². The Hall–Kier alpha value is -1.26. The van der Waals surface area contributed by atoms with Crippen LogP contribution < -0.4 is 5.32 Å². The number of thiazole rings is 1. The molecule has 0 aromatic carbocycles. The van der Waals surface area contributed by atoms with Crippen LogP contribution in [-0.4, -0.2) is 9.97 Å². The SMILES string of the molecule is Cc1ccc(CNC(C)c2scnc2C)cn1. The zero-order valence-electron chi connectivity index (χ0n) is 10.4. The first-order valence-corrected chi connectivity index (χ1v) is 6.59. The third-order valence-electron chi connectivity index (χ3n) is 2.76. The maximum Gasteiger partial charge on any atom is 0.0798 e. The van der Waals surface area contributed by atoms with Gasteiger partial charge in [0.15, 0.2) is 0 Å². The average Bonchev–Trinajstić information content (AvgIpc) is 2.74. The molecule has 1 atom stereocenters. The van der Waals surface area contributed by atoms with E-state index in [4.69, 9.17) is 0 Å². The summed E-state index contributed by atoms with van der Waals surface area (Å²) in [5.41, 5.74) is 5.29. The van der Waals surface area contributed by atoms with Gasteiger partial charge in [0.25, 0.3) is 0 Å². The van der Waals surface area contributed by atoms with Gasteiger partial charge in [-0.15, -0.1) is 11.3 Å². The summed E-state index contributed by atoms with van der Waals surface area (Å²) in [6, 6.07) is 4.49. The van der Waals surface area contributed by atoms with Crippen molar-refractivity contribution in [2.45, 2.75) is 33.4 Å². The van der Waals surface area contributed by atoms with Crippen LogP contribution in [0.25, 0.3) is 0 Å². The van der Waals surface area contributed by atoms with Gasteiger partial charge in [0.2, 0.25) is 0 Å². The van der Waals surface area contributed by atoms with Gasteiger partial charge in [-0.1, -0.05) is 6.07 Å². The highest BCUT2D eigenvalue weighted by Gasteiger charge is 2.10. The molecule has 0 amide bonds. The molecule has 0 spiro atoms. The zero-order chi connectivity index (χ0) is 12.3. The van der Waals surface area contributed by atoms with E-state index in [0.29, 0.717) is 6.04 Å². The van der Waals surface area contributed by atoms with Crippen molar-refractivity contribution in [1.29, 1.82) is 0 Å². The molecule has 17 heavy (non-hydrogen) atoms. The lowest BCUT2D eigenvalue weighted by Crippen LogP contribution is -2.18.